The molecule has 0 bridgehead atoms. The number of hydrogen-bond donors (Lipinski definition) is 0. The third-order valence-electron chi connectivity index (χ3n) is 11.6. The first-order valence-electron chi connectivity index (χ1n) is 18.7. The summed E-state index contributed by atoms with van der Waals surface area (Å²) in [6.07, 6.45) is 0. The van der Waals surface area contributed by atoms with Crippen molar-refractivity contribution in [3.8, 4) is 27.9 Å². The summed E-state index contributed by atoms with van der Waals surface area (Å²) >= 11 is 1.87. The van der Waals surface area contributed by atoms with E-state index in [0.29, 0.717) is 0 Å². The van der Waals surface area contributed by atoms with Gasteiger partial charge in [-0.05, 0) is 112 Å². The Bertz CT molecular complexity index is 3020. The lowest BCUT2D eigenvalue weighted by Crippen LogP contribution is -2.16. The maximum Gasteiger partial charge on any atom is 0.0541 e. The highest BCUT2D eigenvalue weighted by molar-refractivity contribution is 7.25. The number of fused-ring (bicyclic) bond motifs is 9. The molecular formula is C51H36N2S. The van der Waals surface area contributed by atoms with E-state index < -0.39 is 0 Å². The van der Waals surface area contributed by atoms with Gasteiger partial charge >= 0.3 is 0 Å². The monoisotopic (exact) mass is 708 g/mol. The van der Waals surface area contributed by atoms with Crippen LogP contribution in [0, 0.1) is 0 Å². The molecule has 0 atom stereocenters. The van der Waals surface area contributed by atoms with E-state index in [-0.39, 0.29) is 5.41 Å². The van der Waals surface area contributed by atoms with Crippen molar-refractivity contribution >= 4 is 70.4 Å². The molecular weight excluding hydrogens is 673 g/mol. The minimum atomic E-state index is -0.0666. The second-order valence-corrected chi connectivity index (χ2v) is 16.1. The summed E-state index contributed by atoms with van der Waals surface area (Å²) in [6, 6.07) is 67.0. The molecule has 8 aromatic carbocycles. The van der Waals surface area contributed by atoms with Crippen LogP contribution in [0.1, 0.15) is 25.0 Å². The number of nitrogens with zero attached hydrogens (tertiary/aromatic N) is 2. The molecule has 0 radical (unpaired) electrons. The SMILES string of the molecule is CC1(C)c2ccccc2-c2ccc(N(c3ccccc3)c3ccc(-c4ccc5sc6ccc(-n7c8ccccc8c8ccccc87)cc6c5c4)cc3)cc21. The summed E-state index contributed by atoms with van der Waals surface area (Å²) in [7, 11) is 0. The molecule has 0 aliphatic heterocycles. The zero-order chi connectivity index (χ0) is 36.0. The van der Waals surface area contributed by atoms with Gasteiger partial charge in [0.1, 0.15) is 0 Å². The van der Waals surface area contributed by atoms with Crippen molar-refractivity contribution in [2.45, 2.75) is 19.3 Å². The number of aromatic nitrogens is 1. The summed E-state index contributed by atoms with van der Waals surface area (Å²) in [5, 5.41) is 5.16. The standard InChI is InChI=1S/C51H36N2S/c1-51(2)45-17-9-6-14-39(45)40-27-25-38(32-46(40)51)52(35-12-4-3-5-13-35)36-23-20-33(21-24-36)34-22-28-49-43(30-34)44-31-37(26-29-50(44)54-49)53-47-18-10-7-15-41(47)42-16-8-11-19-48(42)53/h3-32H,1-2H3. The summed E-state index contributed by atoms with van der Waals surface area (Å²) in [5.74, 6) is 0. The van der Waals surface area contributed by atoms with E-state index in [1.165, 1.54) is 86.7 Å². The van der Waals surface area contributed by atoms with Crippen molar-refractivity contribution in [3.05, 3.63) is 193 Å². The fraction of sp³-hybridized carbons (Fsp3) is 0.0588. The molecule has 0 saturated heterocycles. The largest absolute Gasteiger partial charge is 0.310 e. The van der Waals surface area contributed by atoms with E-state index in [0.717, 1.165) is 11.4 Å². The molecule has 1 aliphatic carbocycles. The maximum atomic E-state index is 2.41. The Morgan fingerprint density at radius 1 is 0.426 bits per heavy atom. The first kappa shape index (κ1) is 31.1. The third-order valence-corrected chi connectivity index (χ3v) is 12.7. The van der Waals surface area contributed by atoms with E-state index in [4.69, 9.17) is 0 Å². The van der Waals surface area contributed by atoms with Gasteiger partial charge in [0.25, 0.3) is 0 Å². The lowest BCUT2D eigenvalue weighted by molar-refractivity contribution is 0.660. The molecule has 0 unspecified atom stereocenters. The van der Waals surface area contributed by atoms with Gasteiger partial charge in [-0.3, -0.25) is 0 Å². The quantitative estimate of drug-likeness (QED) is 0.173. The average Bonchev–Trinajstić information content (AvgIpc) is 3.83. The number of benzene rings is 8. The number of thiophene rings is 1. The summed E-state index contributed by atoms with van der Waals surface area (Å²) < 4.78 is 5.03. The molecule has 54 heavy (non-hydrogen) atoms. The van der Waals surface area contributed by atoms with Crippen LogP contribution in [-0.2, 0) is 5.41 Å². The van der Waals surface area contributed by atoms with Crippen molar-refractivity contribution in [1.29, 1.82) is 0 Å². The minimum Gasteiger partial charge on any atom is -0.310 e. The Hall–Kier alpha value is -6.42. The van der Waals surface area contributed by atoms with Gasteiger partial charge in [-0.15, -0.1) is 11.3 Å². The van der Waals surface area contributed by atoms with Crippen LogP contribution in [0.5, 0.6) is 0 Å². The molecule has 3 heteroatoms. The van der Waals surface area contributed by atoms with Crippen molar-refractivity contribution < 1.29 is 0 Å². The fourth-order valence-corrected chi connectivity index (χ4v) is 10.0. The topological polar surface area (TPSA) is 8.17 Å². The third kappa shape index (κ3) is 4.65. The van der Waals surface area contributed by atoms with Crippen LogP contribution in [0.2, 0.25) is 0 Å². The van der Waals surface area contributed by atoms with Crippen LogP contribution in [0.3, 0.4) is 0 Å². The summed E-state index contributed by atoms with van der Waals surface area (Å²) in [6.45, 7) is 4.70. The first-order valence-corrected chi connectivity index (χ1v) is 19.5. The number of hydrogen-bond acceptors (Lipinski definition) is 2. The van der Waals surface area contributed by atoms with E-state index in [1.807, 2.05) is 11.3 Å². The van der Waals surface area contributed by atoms with E-state index >= 15 is 0 Å². The van der Waals surface area contributed by atoms with Gasteiger partial charge in [0.05, 0.1) is 11.0 Å². The van der Waals surface area contributed by atoms with Crippen molar-refractivity contribution in [2.24, 2.45) is 0 Å². The van der Waals surface area contributed by atoms with E-state index in [9.17, 15) is 0 Å². The Morgan fingerprint density at radius 2 is 1.00 bits per heavy atom. The smallest absolute Gasteiger partial charge is 0.0541 e. The predicted octanol–water partition coefficient (Wildman–Crippen LogP) is 14.6. The molecule has 11 rings (SSSR count). The summed E-state index contributed by atoms with van der Waals surface area (Å²) in [5.41, 5.74) is 14.9. The van der Waals surface area contributed by atoms with E-state index in [2.05, 4.69) is 205 Å². The van der Waals surface area contributed by atoms with Gasteiger partial charge < -0.3 is 9.47 Å². The molecule has 10 aromatic rings. The van der Waals surface area contributed by atoms with Crippen LogP contribution in [0.15, 0.2) is 182 Å². The van der Waals surface area contributed by atoms with Crippen LogP contribution in [-0.4, -0.2) is 4.57 Å². The molecule has 2 heterocycles. The van der Waals surface area contributed by atoms with Crippen LogP contribution in [0.25, 0.3) is 69.9 Å². The number of anilines is 3. The molecule has 0 fully saturated rings. The van der Waals surface area contributed by atoms with Gasteiger partial charge in [-0.25, -0.2) is 0 Å². The number of rotatable bonds is 5. The molecule has 0 amide bonds. The zero-order valence-corrected chi connectivity index (χ0v) is 30.9. The Kier molecular flexibility index (Phi) is 6.80. The first-order chi connectivity index (χ1) is 26.5. The minimum absolute atomic E-state index is 0.0666. The van der Waals surface area contributed by atoms with Gasteiger partial charge in [0.15, 0.2) is 0 Å². The molecule has 0 saturated carbocycles. The van der Waals surface area contributed by atoms with Crippen LogP contribution in [0.4, 0.5) is 17.1 Å². The van der Waals surface area contributed by atoms with Crippen molar-refractivity contribution in [3.63, 3.8) is 0 Å². The second-order valence-electron chi connectivity index (χ2n) is 15.0. The molecule has 1 aliphatic rings. The normalized spacial score (nSPS) is 13.1. The lowest BCUT2D eigenvalue weighted by Gasteiger charge is -2.28. The average molecular weight is 709 g/mol. The maximum absolute atomic E-state index is 2.41. The van der Waals surface area contributed by atoms with Gasteiger partial charge in [0.2, 0.25) is 0 Å². The van der Waals surface area contributed by atoms with E-state index in [1.54, 1.807) is 0 Å². The lowest BCUT2D eigenvalue weighted by atomic mass is 9.82. The molecule has 0 spiro atoms. The Morgan fingerprint density at radius 3 is 1.76 bits per heavy atom. The van der Waals surface area contributed by atoms with Crippen molar-refractivity contribution in [2.75, 3.05) is 4.90 Å². The van der Waals surface area contributed by atoms with Gasteiger partial charge in [-0.1, -0.05) is 117 Å². The molecule has 2 nitrogen and oxygen atoms in total. The molecule has 0 N–H and O–H groups in total. The van der Waals surface area contributed by atoms with Crippen LogP contribution >= 0.6 is 11.3 Å². The highest BCUT2D eigenvalue weighted by Gasteiger charge is 2.35. The molecule has 2 aromatic heterocycles. The predicted molar refractivity (Wildman–Crippen MR) is 231 cm³/mol. The van der Waals surface area contributed by atoms with Gasteiger partial charge in [0, 0.05) is 59.1 Å². The Labute approximate surface area is 318 Å². The van der Waals surface area contributed by atoms with Gasteiger partial charge in [-0.2, -0.15) is 0 Å². The highest BCUT2D eigenvalue weighted by atomic mass is 32.1. The zero-order valence-electron chi connectivity index (χ0n) is 30.1. The van der Waals surface area contributed by atoms with Crippen LogP contribution < -0.4 is 4.90 Å². The summed E-state index contributed by atoms with van der Waals surface area (Å²) in [4.78, 5) is 2.38. The van der Waals surface area contributed by atoms with Crippen molar-refractivity contribution in [1.82, 2.24) is 4.57 Å². The number of para-hydroxylation sites is 3. The molecule has 256 valence electrons. The highest BCUT2D eigenvalue weighted by Crippen LogP contribution is 2.50. The second kappa shape index (κ2) is 11.8. The Balaban J connectivity index is 0.990. The fourth-order valence-electron chi connectivity index (χ4n) is 8.94.